The summed E-state index contributed by atoms with van der Waals surface area (Å²) in [7, 11) is 0. The van der Waals surface area contributed by atoms with Crippen LogP contribution >= 0.6 is 0 Å². The predicted molar refractivity (Wildman–Crippen MR) is 74.5 cm³/mol. The van der Waals surface area contributed by atoms with Crippen LogP contribution < -0.4 is 9.47 Å². The molecule has 2 heterocycles. The summed E-state index contributed by atoms with van der Waals surface area (Å²) in [5.74, 6) is 1.59. The van der Waals surface area contributed by atoms with Crippen LogP contribution in [-0.4, -0.2) is 11.8 Å². The lowest BCUT2D eigenvalue weighted by atomic mass is 9.91. The van der Waals surface area contributed by atoms with Crippen molar-refractivity contribution >= 4 is 0 Å². The van der Waals surface area contributed by atoms with Gasteiger partial charge in [0.15, 0.2) is 11.5 Å². The van der Waals surface area contributed by atoms with Gasteiger partial charge in [-0.3, -0.25) is 4.98 Å². The summed E-state index contributed by atoms with van der Waals surface area (Å²) in [4.78, 5) is 4.74. The number of ether oxygens (including phenoxy) is 2. The summed E-state index contributed by atoms with van der Waals surface area (Å²) in [6, 6.07) is 12.1. The number of benzene rings is 1. The van der Waals surface area contributed by atoms with Gasteiger partial charge >= 0.3 is 0 Å². The van der Waals surface area contributed by atoms with Crippen LogP contribution in [0.5, 0.6) is 11.5 Å². The number of nitrogens with zero attached hydrogens (tertiary/aromatic N) is 1. The van der Waals surface area contributed by atoms with E-state index in [0.717, 1.165) is 28.5 Å². The van der Waals surface area contributed by atoms with Crippen molar-refractivity contribution < 1.29 is 9.47 Å². The fourth-order valence-electron chi connectivity index (χ4n) is 2.07. The van der Waals surface area contributed by atoms with E-state index in [1.54, 1.807) is 0 Å². The molecule has 0 saturated carbocycles. The van der Waals surface area contributed by atoms with Crippen LogP contribution in [0.25, 0.3) is 11.3 Å². The van der Waals surface area contributed by atoms with Gasteiger partial charge in [-0.1, -0.05) is 26.8 Å². The summed E-state index contributed by atoms with van der Waals surface area (Å²) >= 11 is 0. The fourth-order valence-corrected chi connectivity index (χ4v) is 2.07. The first-order valence-corrected chi connectivity index (χ1v) is 6.41. The molecular formula is C16H17NO2. The Kier molecular flexibility index (Phi) is 2.70. The zero-order valence-corrected chi connectivity index (χ0v) is 11.4. The maximum atomic E-state index is 5.41. The average molecular weight is 255 g/mol. The van der Waals surface area contributed by atoms with E-state index in [9.17, 15) is 0 Å². The lowest BCUT2D eigenvalue weighted by molar-refractivity contribution is 0.174. The van der Waals surface area contributed by atoms with Gasteiger partial charge in [0.05, 0.1) is 5.69 Å². The van der Waals surface area contributed by atoms with Crippen LogP contribution in [0.4, 0.5) is 0 Å². The second kappa shape index (κ2) is 4.26. The summed E-state index contributed by atoms with van der Waals surface area (Å²) in [5, 5.41) is 0. The third-order valence-corrected chi connectivity index (χ3v) is 3.19. The van der Waals surface area contributed by atoms with Gasteiger partial charge in [0.25, 0.3) is 0 Å². The molecule has 0 bridgehead atoms. The van der Waals surface area contributed by atoms with E-state index in [1.807, 2.05) is 30.3 Å². The predicted octanol–water partition coefficient (Wildman–Crippen LogP) is 3.77. The molecule has 0 aliphatic carbocycles. The minimum absolute atomic E-state index is 0.0480. The number of rotatable bonds is 1. The standard InChI is InChI=1S/C16H17NO2/c1-16(2,3)15-6-4-5-12(17-15)11-7-8-13-14(9-11)19-10-18-13/h4-9H,10H2,1-3H3. The molecule has 0 saturated heterocycles. The van der Waals surface area contributed by atoms with Crippen LogP contribution in [0.2, 0.25) is 0 Å². The highest BCUT2D eigenvalue weighted by Crippen LogP contribution is 2.35. The van der Waals surface area contributed by atoms with Crippen molar-refractivity contribution in [2.75, 3.05) is 6.79 Å². The van der Waals surface area contributed by atoms with Crippen LogP contribution in [0.1, 0.15) is 26.5 Å². The molecule has 2 aromatic rings. The van der Waals surface area contributed by atoms with E-state index < -0.39 is 0 Å². The molecule has 19 heavy (non-hydrogen) atoms. The summed E-state index contributed by atoms with van der Waals surface area (Å²) in [6.07, 6.45) is 0. The Balaban J connectivity index is 2.03. The first kappa shape index (κ1) is 12.0. The van der Waals surface area contributed by atoms with Crippen LogP contribution in [0.3, 0.4) is 0 Å². The third kappa shape index (κ3) is 2.28. The molecule has 0 atom stereocenters. The smallest absolute Gasteiger partial charge is 0.231 e. The molecule has 0 fully saturated rings. The van der Waals surface area contributed by atoms with E-state index in [1.165, 1.54) is 0 Å². The van der Waals surface area contributed by atoms with Crippen molar-refractivity contribution in [1.29, 1.82) is 0 Å². The number of fused-ring (bicyclic) bond motifs is 1. The lowest BCUT2D eigenvalue weighted by Gasteiger charge is -2.18. The molecule has 0 unspecified atom stereocenters. The van der Waals surface area contributed by atoms with Gasteiger partial charge in [0, 0.05) is 16.7 Å². The van der Waals surface area contributed by atoms with E-state index in [2.05, 4.69) is 26.8 Å². The van der Waals surface area contributed by atoms with E-state index in [0.29, 0.717) is 6.79 Å². The van der Waals surface area contributed by atoms with E-state index >= 15 is 0 Å². The first-order chi connectivity index (χ1) is 9.04. The molecule has 3 heteroatoms. The quantitative estimate of drug-likeness (QED) is 0.777. The topological polar surface area (TPSA) is 31.4 Å². The van der Waals surface area contributed by atoms with Gasteiger partial charge in [-0.25, -0.2) is 0 Å². The summed E-state index contributed by atoms with van der Waals surface area (Å²) < 4.78 is 10.7. The molecule has 0 N–H and O–H groups in total. The van der Waals surface area contributed by atoms with Gasteiger partial charge in [0.1, 0.15) is 0 Å². The van der Waals surface area contributed by atoms with Crippen molar-refractivity contribution in [3.8, 4) is 22.8 Å². The molecule has 1 aliphatic rings. The molecule has 0 amide bonds. The van der Waals surface area contributed by atoms with Crippen LogP contribution in [0, 0.1) is 0 Å². The van der Waals surface area contributed by atoms with Crippen molar-refractivity contribution in [2.24, 2.45) is 0 Å². The minimum atomic E-state index is 0.0480. The van der Waals surface area contributed by atoms with Crippen molar-refractivity contribution in [1.82, 2.24) is 4.98 Å². The highest BCUT2D eigenvalue weighted by Gasteiger charge is 2.17. The normalized spacial score (nSPS) is 13.6. The zero-order valence-electron chi connectivity index (χ0n) is 11.4. The maximum Gasteiger partial charge on any atom is 0.231 e. The Hall–Kier alpha value is -2.03. The van der Waals surface area contributed by atoms with Gasteiger partial charge in [0.2, 0.25) is 6.79 Å². The Labute approximate surface area is 113 Å². The van der Waals surface area contributed by atoms with Crippen LogP contribution in [0.15, 0.2) is 36.4 Å². The van der Waals surface area contributed by atoms with Crippen molar-refractivity contribution in [3.05, 3.63) is 42.1 Å². The summed E-state index contributed by atoms with van der Waals surface area (Å²) in [5.41, 5.74) is 3.15. The number of aromatic nitrogens is 1. The second-order valence-corrected chi connectivity index (χ2v) is 5.73. The van der Waals surface area contributed by atoms with Gasteiger partial charge < -0.3 is 9.47 Å². The Morgan fingerprint density at radius 3 is 2.58 bits per heavy atom. The molecule has 98 valence electrons. The largest absolute Gasteiger partial charge is 0.454 e. The maximum absolute atomic E-state index is 5.41. The highest BCUT2D eigenvalue weighted by molar-refractivity contribution is 5.64. The van der Waals surface area contributed by atoms with Crippen LogP contribution in [-0.2, 0) is 5.41 Å². The first-order valence-electron chi connectivity index (χ1n) is 6.41. The van der Waals surface area contributed by atoms with Gasteiger partial charge in [-0.15, -0.1) is 0 Å². The van der Waals surface area contributed by atoms with Gasteiger partial charge in [-0.05, 0) is 30.3 Å². The fraction of sp³-hybridized carbons (Fsp3) is 0.312. The lowest BCUT2D eigenvalue weighted by Crippen LogP contribution is -2.13. The zero-order chi connectivity index (χ0) is 13.5. The molecule has 0 spiro atoms. The second-order valence-electron chi connectivity index (χ2n) is 5.73. The van der Waals surface area contributed by atoms with E-state index in [4.69, 9.17) is 14.5 Å². The van der Waals surface area contributed by atoms with Crippen molar-refractivity contribution in [2.45, 2.75) is 26.2 Å². The Morgan fingerprint density at radius 2 is 1.79 bits per heavy atom. The molecule has 1 aromatic heterocycles. The molecule has 3 nitrogen and oxygen atoms in total. The molecular weight excluding hydrogens is 238 g/mol. The number of hydrogen-bond donors (Lipinski definition) is 0. The number of hydrogen-bond acceptors (Lipinski definition) is 3. The minimum Gasteiger partial charge on any atom is -0.454 e. The Bertz CT molecular complexity index is 614. The molecule has 0 radical (unpaired) electrons. The SMILES string of the molecule is CC(C)(C)c1cccc(-c2ccc3c(c2)OCO3)n1. The van der Waals surface area contributed by atoms with E-state index in [-0.39, 0.29) is 5.41 Å². The molecule has 1 aromatic carbocycles. The Morgan fingerprint density at radius 1 is 1.00 bits per heavy atom. The number of pyridine rings is 1. The third-order valence-electron chi connectivity index (χ3n) is 3.19. The van der Waals surface area contributed by atoms with Crippen molar-refractivity contribution in [3.63, 3.8) is 0 Å². The average Bonchev–Trinajstić information content (AvgIpc) is 2.85. The highest BCUT2D eigenvalue weighted by atomic mass is 16.7. The molecule has 1 aliphatic heterocycles. The van der Waals surface area contributed by atoms with Gasteiger partial charge in [-0.2, -0.15) is 0 Å². The summed E-state index contributed by atoms with van der Waals surface area (Å²) in [6.45, 7) is 6.80. The molecule has 3 rings (SSSR count). The monoisotopic (exact) mass is 255 g/mol.